The molecule has 3 aromatic carbocycles. The van der Waals surface area contributed by atoms with E-state index in [1.807, 2.05) is 18.2 Å². The van der Waals surface area contributed by atoms with Crippen LogP contribution in [0.1, 0.15) is 15.9 Å². The van der Waals surface area contributed by atoms with Gasteiger partial charge < -0.3 is 4.74 Å². The number of amides is 1. The third-order valence-corrected chi connectivity index (χ3v) is 5.55. The van der Waals surface area contributed by atoms with E-state index >= 15 is 0 Å². The van der Waals surface area contributed by atoms with Crippen LogP contribution in [0.3, 0.4) is 0 Å². The van der Waals surface area contributed by atoms with Crippen molar-refractivity contribution in [1.82, 2.24) is 5.48 Å². The number of nitrogens with one attached hydrogen (secondary N) is 1. The molecule has 0 fully saturated rings. The van der Waals surface area contributed by atoms with Gasteiger partial charge in [0.15, 0.2) is 9.84 Å². The Kier molecular flexibility index (Phi) is 5.54. The fourth-order valence-electron chi connectivity index (χ4n) is 2.56. The molecule has 0 spiro atoms. The molecule has 0 aliphatic heterocycles. The van der Waals surface area contributed by atoms with E-state index in [0.29, 0.717) is 17.1 Å². The number of carbonyl (C=O) groups excluding carboxylic acids is 1. The highest BCUT2D eigenvalue weighted by Gasteiger charge is 2.19. The zero-order chi connectivity index (χ0) is 19.3. The molecule has 27 heavy (non-hydrogen) atoms. The molecule has 1 amide bonds. The molecule has 0 saturated carbocycles. The van der Waals surface area contributed by atoms with Crippen molar-refractivity contribution in [2.75, 3.05) is 0 Å². The van der Waals surface area contributed by atoms with Gasteiger partial charge in [-0.25, -0.2) is 13.9 Å². The van der Waals surface area contributed by atoms with Crippen molar-refractivity contribution in [1.29, 1.82) is 0 Å². The fourth-order valence-corrected chi connectivity index (χ4v) is 3.93. The first-order valence-corrected chi connectivity index (χ1v) is 9.73. The number of carbonyl (C=O) groups is 1. The van der Waals surface area contributed by atoms with Crippen molar-refractivity contribution in [3.8, 4) is 11.5 Å². The lowest BCUT2D eigenvalue weighted by Gasteiger charge is -2.10. The summed E-state index contributed by atoms with van der Waals surface area (Å²) >= 11 is 0. The Morgan fingerprint density at radius 2 is 1.44 bits per heavy atom. The SMILES string of the molecule is O=C(NO)c1ccccc1CS(=O)(=O)c1ccc(Oc2ccccc2)cc1. The quantitative estimate of drug-likeness (QED) is 0.501. The van der Waals surface area contributed by atoms with Crippen LogP contribution in [-0.4, -0.2) is 19.5 Å². The van der Waals surface area contributed by atoms with E-state index in [4.69, 9.17) is 9.94 Å². The van der Waals surface area contributed by atoms with Gasteiger partial charge in [-0.2, -0.15) is 0 Å². The summed E-state index contributed by atoms with van der Waals surface area (Å²) in [6, 6.07) is 21.4. The van der Waals surface area contributed by atoms with Gasteiger partial charge in [0.2, 0.25) is 0 Å². The van der Waals surface area contributed by atoms with Crippen molar-refractivity contribution in [2.24, 2.45) is 0 Å². The molecule has 0 atom stereocenters. The number of sulfone groups is 1. The van der Waals surface area contributed by atoms with Crippen molar-refractivity contribution >= 4 is 15.7 Å². The molecule has 0 aromatic heterocycles. The van der Waals surface area contributed by atoms with Crippen LogP contribution in [-0.2, 0) is 15.6 Å². The zero-order valence-corrected chi connectivity index (χ0v) is 15.0. The van der Waals surface area contributed by atoms with E-state index < -0.39 is 15.7 Å². The number of hydrogen-bond donors (Lipinski definition) is 2. The second-order valence-corrected chi connectivity index (χ2v) is 7.73. The van der Waals surface area contributed by atoms with E-state index in [0.717, 1.165) is 0 Å². The summed E-state index contributed by atoms with van der Waals surface area (Å²) in [6.07, 6.45) is 0. The lowest BCUT2D eigenvalue weighted by atomic mass is 10.1. The van der Waals surface area contributed by atoms with Gasteiger partial charge in [-0.3, -0.25) is 10.0 Å². The Morgan fingerprint density at radius 3 is 2.11 bits per heavy atom. The first-order chi connectivity index (χ1) is 13.0. The van der Waals surface area contributed by atoms with Crippen molar-refractivity contribution < 1.29 is 23.2 Å². The smallest absolute Gasteiger partial charge is 0.274 e. The maximum atomic E-state index is 12.7. The molecule has 0 heterocycles. The molecule has 7 heteroatoms. The standard InChI is InChI=1S/C20H17NO5S/c22-20(21-23)19-9-5-4-6-15(19)14-27(24,25)18-12-10-17(11-13-18)26-16-7-2-1-3-8-16/h1-13,23H,14H2,(H,21,22). The van der Waals surface area contributed by atoms with Crippen LogP contribution in [0.25, 0.3) is 0 Å². The van der Waals surface area contributed by atoms with Crippen LogP contribution in [0.15, 0.2) is 83.8 Å². The van der Waals surface area contributed by atoms with Crippen molar-refractivity contribution in [3.63, 3.8) is 0 Å². The first kappa shape index (κ1) is 18.6. The Hall–Kier alpha value is -3.16. The molecule has 3 rings (SSSR count). The Bertz CT molecular complexity index is 1030. The number of ether oxygens (including phenoxy) is 1. The molecule has 6 nitrogen and oxygen atoms in total. The van der Waals surface area contributed by atoms with E-state index in [-0.39, 0.29) is 16.2 Å². The Morgan fingerprint density at radius 1 is 0.852 bits per heavy atom. The summed E-state index contributed by atoms with van der Waals surface area (Å²) < 4.78 is 31.1. The van der Waals surface area contributed by atoms with Crippen molar-refractivity contribution in [2.45, 2.75) is 10.6 Å². The van der Waals surface area contributed by atoms with Gasteiger partial charge in [-0.1, -0.05) is 36.4 Å². The van der Waals surface area contributed by atoms with Gasteiger partial charge in [0.1, 0.15) is 11.5 Å². The predicted octanol–water partition coefficient (Wildman–Crippen LogP) is 3.57. The first-order valence-electron chi connectivity index (χ1n) is 8.08. The van der Waals surface area contributed by atoms with E-state index in [1.54, 1.807) is 36.4 Å². The molecule has 3 aromatic rings. The number of rotatable bonds is 6. The average molecular weight is 383 g/mol. The molecular formula is C20H17NO5S. The summed E-state index contributed by atoms with van der Waals surface area (Å²) in [4.78, 5) is 11.8. The van der Waals surface area contributed by atoms with Gasteiger partial charge in [0.25, 0.3) is 5.91 Å². The van der Waals surface area contributed by atoms with Crippen LogP contribution < -0.4 is 10.2 Å². The summed E-state index contributed by atoms with van der Waals surface area (Å²) in [5.74, 6) is 0.0415. The van der Waals surface area contributed by atoms with Crippen LogP contribution in [0.2, 0.25) is 0 Å². The molecule has 0 unspecified atom stereocenters. The summed E-state index contributed by atoms with van der Waals surface area (Å²) in [5.41, 5.74) is 1.93. The highest BCUT2D eigenvalue weighted by Crippen LogP contribution is 2.25. The highest BCUT2D eigenvalue weighted by atomic mass is 32.2. The number of benzene rings is 3. The summed E-state index contributed by atoms with van der Waals surface area (Å²) in [7, 11) is -3.68. The lowest BCUT2D eigenvalue weighted by Crippen LogP contribution is -2.21. The number of para-hydroxylation sites is 1. The van der Waals surface area contributed by atoms with E-state index in [9.17, 15) is 13.2 Å². The minimum atomic E-state index is -3.68. The van der Waals surface area contributed by atoms with Gasteiger partial charge in [0.05, 0.1) is 10.6 Å². The summed E-state index contributed by atoms with van der Waals surface area (Å²) in [6.45, 7) is 0. The van der Waals surface area contributed by atoms with Gasteiger partial charge in [-0.05, 0) is 48.0 Å². The molecule has 138 valence electrons. The van der Waals surface area contributed by atoms with Crippen LogP contribution in [0.5, 0.6) is 11.5 Å². The van der Waals surface area contributed by atoms with E-state index in [2.05, 4.69) is 0 Å². The highest BCUT2D eigenvalue weighted by molar-refractivity contribution is 7.90. The minimum absolute atomic E-state index is 0.104. The zero-order valence-electron chi connectivity index (χ0n) is 14.2. The van der Waals surface area contributed by atoms with Crippen LogP contribution in [0, 0.1) is 0 Å². The topological polar surface area (TPSA) is 92.7 Å². The fraction of sp³-hybridized carbons (Fsp3) is 0.0500. The molecular weight excluding hydrogens is 366 g/mol. The molecule has 2 N–H and O–H groups in total. The maximum absolute atomic E-state index is 12.7. The molecule has 0 aliphatic rings. The van der Waals surface area contributed by atoms with Crippen molar-refractivity contribution in [3.05, 3.63) is 90.0 Å². The lowest BCUT2D eigenvalue weighted by molar-refractivity contribution is 0.0705. The number of hydroxylamine groups is 1. The Balaban J connectivity index is 1.81. The third kappa shape index (κ3) is 4.52. The molecule has 0 saturated heterocycles. The summed E-state index contributed by atoms with van der Waals surface area (Å²) in [5, 5.41) is 8.82. The Labute approximate surface area is 156 Å². The molecule has 0 aliphatic carbocycles. The van der Waals surface area contributed by atoms with Crippen LogP contribution in [0.4, 0.5) is 0 Å². The van der Waals surface area contributed by atoms with Crippen LogP contribution >= 0.6 is 0 Å². The van der Waals surface area contributed by atoms with Gasteiger partial charge >= 0.3 is 0 Å². The average Bonchev–Trinajstić information content (AvgIpc) is 2.69. The van der Waals surface area contributed by atoms with Gasteiger partial charge in [0, 0.05) is 5.56 Å². The monoisotopic (exact) mass is 383 g/mol. The third-order valence-electron chi connectivity index (χ3n) is 3.87. The minimum Gasteiger partial charge on any atom is -0.457 e. The van der Waals surface area contributed by atoms with E-state index in [1.165, 1.54) is 29.7 Å². The predicted molar refractivity (Wildman–Crippen MR) is 99.5 cm³/mol. The molecule has 0 bridgehead atoms. The normalized spacial score (nSPS) is 11.0. The second kappa shape index (κ2) is 8.03. The number of hydrogen-bond acceptors (Lipinski definition) is 5. The molecule has 0 radical (unpaired) electrons. The van der Waals surface area contributed by atoms with Gasteiger partial charge in [-0.15, -0.1) is 0 Å². The largest absolute Gasteiger partial charge is 0.457 e. The maximum Gasteiger partial charge on any atom is 0.274 e. The second-order valence-electron chi connectivity index (χ2n) is 5.74.